The molecule has 2 atom stereocenters. The normalized spacial score (nSPS) is 22.6. The molecule has 3 rings (SSSR count). The molecule has 0 aromatic carbocycles. The molecule has 0 amide bonds. The Morgan fingerprint density at radius 1 is 1.37 bits per heavy atom. The number of hydrogen-bond acceptors (Lipinski definition) is 4. The standard InChI is InChI=1S/C14H18N4O/c1-10-9-11(3-6-15-10)17-12-5-8-19-14(12)13-4-7-16-18(13)2/h3-4,6-7,9,12,14H,5,8H2,1-2H3,(H,15,17)/t12-,14-/m0/s1. The van der Waals surface area contributed by atoms with E-state index in [9.17, 15) is 0 Å². The van der Waals surface area contributed by atoms with E-state index in [0.717, 1.165) is 30.1 Å². The monoisotopic (exact) mass is 258 g/mol. The molecule has 0 bridgehead atoms. The third-order valence-corrected chi connectivity index (χ3v) is 3.49. The zero-order chi connectivity index (χ0) is 13.2. The average Bonchev–Trinajstić information content (AvgIpc) is 2.98. The van der Waals surface area contributed by atoms with Crippen LogP contribution in [0, 0.1) is 6.92 Å². The molecule has 0 unspecified atom stereocenters. The Morgan fingerprint density at radius 2 is 2.26 bits per heavy atom. The number of aromatic nitrogens is 3. The van der Waals surface area contributed by atoms with E-state index in [4.69, 9.17) is 4.74 Å². The van der Waals surface area contributed by atoms with Gasteiger partial charge in [0.2, 0.25) is 0 Å². The molecule has 2 aromatic heterocycles. The first-order chi connectivity index (χ1) is 9.24. The molecule has 5 heteroatoms. The Morgan fingerprint density at radius 3 is 3.00 bits per heavy atom. The van der Waals surface area contributed by atoms with E-state index in [1.54, 1.807) is 0 Å². The van der Waals surface area contributed by atoms with Gasteiger partial charge in [0.15, 0.2) is 0 Å². The predicted octanol–water partition coefficient (Wildman–Crippen LogP) is 2.07. The molecule has 100 valence electrons. The van der Waals surface area contributed by atoms with Crippen molar-refractivity contribution in [1.29, 1.82) is 0 Å². The maximum absolute atomic E-state index is 5.85. The second-order valence-electron chi connectivity index (χ2n) is 4.90. The number of hydrogen-bond donors (Lipinski definition) is 1. The molecule has 1 N–H and O–H groups in total. The van der Waals surface area contributed by atoms with Crippen molar-refractivity contribution >= 4 is 5.69 Å². The van der Waals surface area contributed by atoms with E-state index in [1.807, 2.05) is 43.2 Å². The highest BCUT2D eigenvalue weighted by Gasteiger charge is 2.31. The van der Waals surface area contributed by atoms with E-state index in [-0.39, 0.29) is 12.1 Å². The first kappa shape index (κ1) is 12.2. The van der Waals surface area contributed by atoms with Gasteiger partial charge in [-0.3, -0.25) is 9.67 Å². The van der Waals surface area contributed by atoms with E-state index in [2.05, 4.69) is 21.5 Å². The fourth-order valence-corrected chi connectivity index (χ4v) is 2.54. The lowest BCUT2D eigenvalue weighted by Crippen LogP contribution is -2.24. The highest BCUT2D eigenvalue weighted by Crippen LogP contribution is 2.31. The van der Waals surface area contributed by atoms with Gasteiger partial charge in [-0.2, -0.15) is 5.10 Å². The van der Waals surface area contributed by atoms with Gasteiger partial charge in [0, 0.05) is 37.4 Å². The number of aryl methyl sites for hydroxylation is 2. The Bertz CT molecular complexity index is 566. The van der Waals surface area contributed by atoms with E-state index in [1.165, 1.54) is 0 Å². The summed E-state index contributed by atoms with van der Waals surface area (Å²) < 4.78 is 7.73. The summed E-state index contributed by atoms with van der Waals surface area (Å²) in [7, 11) is 1.95. The second-order valence-corrected chi connectivity index (χ2v) is 4.90. The van der Waals surface area contributed by atoms with Gasteiger partial charge in [0.25, 0.3) is 0 Å². The fraction of sp³-hybridized carbons (Fsp3) is 0.429. The topological polar surface area (TPSA) is 52.0 Å². The smallest absolute Gasteiger partial charge is 0.119 e. The second kappa shape index (κ2) is 5.01. The molecule has 2 aromatic rings. The zero-order valence-corrected chi connectivity index (χ0v) is 11.2. The van der Waals surface area contributed by atoms with Crippen LogP contribution in [0.2, 0.25) is 0 Å². The molecule has 0 saturated carbocycles. The van der Waals surface area contributed by atoms with Crippen LogP contribution in [0.15, 0.2) is 30.6 Å². The van der Waals surface area contributed by atoms with Crippen LogP contribution in [-0.4, -0.2) is 27.4 Å². The maximum atomic E-state index is 5.85. The number of nitrogens with one attached hydrogen (secondary N) is 1. The molecule has 1 fully saturated rings. The average molecular weight is 258 g/mol. The van der Waals surface area contributed by atoms with Gasteiger partial charge in [-0.15, -0.1) is 0 Å². The number of ether oxygens (including phenoxy) is 1. The Kier molecular flexibility index (Phi) is 3.21. The first-order valence-electron chi connectivity index (χ1n) is 6.53. The highest BCUT2D eigenvalue weighted by atomic mass is 16.5. The lowest BCUT2D eigenvalue weighted by molar-refractivity contribution is 0.101. The number of nitrogens with zero attached hydrogens (tertiary/aromatic N) is 3. The molecule has 0 spiro atoms. The fourth-order valence-electron chi connectivity index (χ4n) is 2.54. The van der Waals surface area contributed by atoms with Crippen LogP contribution in [0.4, 0.5) is 5.69 Å². The van der Waals surface area contributed by atoms with Gasteiger partial charge < -0.3 is 10.1 Å². The van der Waals surface area contributed by atoms with Crippen LogP contribution in [0.3, 0.4) is 0 Å². The van der Waals surface area contributed by atoms with Crippen molar-refractivity contribution < 1.29 is 4.74 Å². The van der Waals surface area contributed by atoms with Gasteiger partial charge in [0.1, 0.15) is 6.10 Å². The van der Waals surface area contributed by atoms with Gasteiger partial charge in [-0.1, -0.05) is 0 Å². The molecule has 0 radical (unpaired) electrons. The summed E-state index contributed by atoms with van der Waals surface area (Å²) in [5.41, 5.74) is 3.22. The van der Waals surface area contributed by atoms with Crippen molar-refractivity contribution in [1.82, 2.24) is 14.8 Å². The molecule has 1 aliphatic rings. The first-order valence-corrected chi connectivity index (χ1v) is 6.53. The Balaban J connectivity index is 1.79. The molecule has 1 saturated heterocycles. The lowest BCUT2D eigenvalue weighted by atomic mass is 10.1. The van der Waals surface area contributed by atoms with Gasteiger partial charge >= 0.3 is 0 Å². The summed E-state index contributed by atoms with van der Waals surface area (Å²) in [5, 5.41) is 7.76. The van der Waals surface area contributed by atoms with Crippen molar-refractivity contribution in [3.05, 3.63) is 42.0 Å². The van der Waals surface area contributed by atoms with Crippen molar-refractivity contribution in [3.63, 3.8) is 0 Å². The summed E-state index contributed by atoms with van der Waals surface area (Å²) in [6, 6.07) is 6.34. The molecule has 0 aliphatic carbocycles. The Hall–Kier alpha value is -1.88. The van der Waals surface area contributed by atoms with Crippen LogP contribution in [0.1, 0.15) is 23.9 Å². The molecule has 1 aliphatic heterocycles. The van der Waals surface area contributed by atoms with Crippen LogP contribution >= 0.6 is 0 Å². The van der Waals surface area contributed by atoms with Crippen LogP contribution in [0.25, 0.3) is 0 Å². The SMILES string of the molecule is Cc1cc(N[C@H]2CCO[C@@H]2c2ccnn2C)ccn1. The summed E-state index contributed by atoms with van der Waals surface area (Å²) in [6.07, 6.45) is 4.69. The molecular weight excluding hydrogens is 240 g/mol. The molecule has 3 heterocycles. The quantitative estimate of drug-likeness (QED) is 0.915. The number of anilines is 1. The zero-order valence-electron chi connectivity index (χ0n) is 11.2. The summed E-state index contributed by atoms with van der Waals surface area (Å²) in [5.74, 6) is 0. The van der Waals surface area contributed by atoms with Crippen molar-refractivity contribution in [2.75, 3.05) is 11.9 Å². The van der Waals surface area contributed by atoms with Crippen molar-refractivity contribution in [2.45, 2.75) is 25.5 Å². The summed E-state index contributed by atoms with van der Waals surface area (Å²) >= 11 is 0. The summed E-state index contributed by atoms with van der Waals surface area (Å²) in [6.45, 7) is 2.77. The minimum atomic E-state index is 0.0565. The lowest BCUT2D eigenvalue weighted by Gasteiger charge is -2.21. The molecular formula is C14H18N4O. The third-order valence-electron chi connectivity index (χ3n) is 3.49. The van der Waals surface area contributed by atoms with Crippen molar-refractivity contribution in [2.24, 2.45) is 7.05 Å². The Labute approximate surface area is 112 Å². The van der Waals surface area contributed by atoms with Gasteiger partial charge in [0.05, 0.1) is 11.7 Å². The predicted molar refractivity (Wildman–Crippen MR) is 72.9 cm³/mol. The highest BCUT2D eigenvalue weighted by molar-refractivity contribution is 5.44. The van der Waals surface area contributed by atoms with E-state index < -0.39 is 0 Å². The maximum Gasteiger partial charge on any atom is 0.119 e. The van der Waals surface area contributed by atoms with Gasteiger partial charge in [-0.05, 0) is 31.5 Å². The van der Waals surface area contributed by atoms with Crippen LogP contribution in [-0.2, 0) is 11.8 Å². The van der Waals surface area contributed by atoms with Crippen LogP contribution < -0.4 is 5.32 Å². The van der Waals surface area contributed by atoms with Gasteiger partial charge in [-0.25, -0.2) is 0 Å². The summed E-state index contributed by atoms with van der Waals surface area (Å²) in [4.78, 5) is 4.21. The third kappa shape index (κ3) is 2.46. The number of rotatable bonds is 3. The van der Waals surface area contributed by atoms with Crippen LogP contribution in [0.5, 0.6) is 0 Å². The molecule has 5 nitrogen and oxygen atoms in total. The minimum Gasteiger partial charge on any atom is -0.379 e. The number of pyridine rings is 1. The van der Waals surface area contributed by atoms with E-state index >= 15 is 0 Å². The minimum absolute atomic E-state index is 0.0565. The molecule has 19 heavy (non-hydrogen) atoms. The van der Waals surface area contributed by atoms with E-state index in [0.29, 0.717) is 0 Å². The van der Waals surface area contributed by atoms with Crippen molar-refractivity contribution in [3.8, 4) is 0 Å². The largest absolute Gasteiger partial charge is 0.379 e.